The number of hydrogen-bond acceptors (Lipinski definition) is 4. The van der Waals surface area contributed by atoms with Crippen LogP contribution >= 0.6 is 0 Å². The van der Waals surface area contributed by atoms with Gasteiger partial charge in [-0.2, -0.15) is 0 Å². The summed E-state index contributed by atoms with van der Waals surface area (Å²) in [7, 11) is 0. The molecule has 86 valence electrons. The molecule has 0 amide bonds. The van der Waals surface area contributed by atoms with Crippen molar-refractivity contribution < 1.29 is 0 Å². The van der Waals surface area contributed by atoms with Gasteiger partial charge in [-0.3, -0.25) is 14.8 Å². The molecule has 0 aliphatic carbocycles. The smallest absolute Gasteiger partial charge is 0.306 e. The van der Waals surface area contributed by atoms with Crippen LogP contribution in [0.1, 0.15) is 0 Å². The number of aromatic amines is 1. The molecule has 2 heterocycles. The molecule has 0 saturated carbocycles. The second-order valence-corrected chi connectivity index (χ2v) is 3.84. The molecule has 17 heavy (non-hydrogen) atoms. The fraction of sp³-hybridized carbons (Fsp3) is 0.182. The Morgan fingerprint density at radius 1 is 1.24 bits per heavy atom. The molecule has 2 aromatic rings. The van der Waals surface area contributed by atoms with Crippen molar-refractivity contribution in [1.29, 1.82) is 5.41 Å². The van der Waals surface area contributed by atoms with Crippen LogP contribution in [0, 0.1) is 5.41 Å². The number of anilines is 2. The van der Waals surface area contributed by atoms with E-state index >= 15 is 0 Å². The van der Waals surface area contributed by atoms with E-state index in [1.165, 1.54) is 0 Å². The first kappa shape index (κ1) is 9.83. The number of fused-ring (bicyclic) bond motifs is 1. The maximum atomic E-state index is 11.3. The van der Waals surface area contributed by atoms with Crippen molar-refractivity contribution in [1.82, 2.24) is 14.8 Å². The Morgan fingerprint density at radius 3 is 2.76 bits per heavy atom. The minimum atomic E-state index is -0.455. The van der Waals surface area contributed by atoms with Crippen molar-refractivity contribution in [2.45, 2.75) is 6.54 Å². The van der Waals surface area contributed by atoms with Crippen LogP contribution in [0.4, 0.5) is 11.6 Å². The van der Waals surface area contributed by atoms with Crippen LogP contribution in [0.25, 0.3) is 0 Å². The molecule has 1 aromatic heterocycles. The maximum absolute atomic E-state index is 11.3. The van der Waals surface area contributed by atoms with Gasteiger partial charge in [0.05, 0.1) is 0 Å². The predicted molar refractivity (Wildman–Crippen MR) is 62.2 cm³/mol. The van der Waals surface area contributed by atoms with Crippen molar-refractivity contribution in [2.75, 3.05) is 11.4 Å². The van der Waals surface area contributed by atoms with E-state index in [1.807, 2.05) is 35.2 Å². The van der Waals surface area contributed by atoms with Gasteiger partial charge in [0.25, 0.3) is 0 Å². The lowest BCUT2D eigenvalue weighted by atomic mass is 10.3. The highest BCUT2D eigenvalue weighted by atomic mass is 16.1. The lowest BCUT2D eigenvalue weighted by molar-refractivity contribution is 0.697. The van der Waals surface area contributed by atoms with Crippen molar-refractivity contribution in [3.05, 3.63) is 46.2 Å². The Morgan fingerprint density at radius 2 is 2.00 bits per heavy atom. The molecule has 2 N–H and O–H groups in total. The molecular weight excluding hydrogens is 218 g/mol. The van der Waals surface area contributed by atoms with Gasteiger partial charge in [0.2, 0.25) is 5.95 Å². The zero-order valence-electron chi connectivity index (χ0n) is 9.05. The second-order valence-electron chi connectivity index (χ2n) is 3.84. The van der Waals surface area contributed by atoms with Crippen molar-refractivity contribution >= 4 is 11.6 Å². The van der Waals surface area contributed by atoms with E-state index in [2.05, 4.69) is 10.2 Å². The number of aromatic nitrogens is 3. The van der Waals surface area contributed by atoms with Crippen LogP contribution < -0.4 is 15.9 Å². The summed E-state index contributed by atoms with van der Waals surface area (Å²) in [5, 5.41) is 14.0. The quantitative estimate of drug-likeness (QED) is 0.733. The summed E-state index contributed by atoms with van der Waals surface area (Å²) in [6, 6.07) is 9.80. The van der Waals surface area contributed by atoms with Gasteiger partial charge in [-0.15, -0.1) is 5.10 Å². The molecular formula is C11H11N5O. The third kappa shape index (κ3) is 1.45. The van der Waals surface area contributed by atoms with Gasteiger partial charge in [0.1, 0.15) is 0 Å². The zero-order chi connectivity index (χ0) is 11.8. The van der Waals surface area contributed by atoms with E-state index in [1.54, 1.807) is 4.57 Å². The van der Waals surface area contributed by atoms with Crippen LogP contribution in [0.2, 0.25) is 0 Å². The van der Waals surface area contributed by atoms with Crippen molar-refractivity contribution in [3.63, 3.8) is 0 Å². The van der Waals surface area contributed by atoms with Gasteiger partial charge in [0.15, 0.2) is 5.49 Å². The lowest BCUT2D eigenvalue weighted by Crippen LogP contribution is -2.36. The summed E-state index contributed by atoms with van der Waals surface area (Å²) >= 11 is 0. The third-order valence-corrected chi connectivity index (χ3v) is 2.84. The Balaban J connectivity index is 2.15. The molecule has 0 spiro atoms. The Kier molecular flexibility index (Phi) is 2.07. The summed E-state index contributed by atoms with van der Waals surface area (Å²) in [4.78, 5) is 13.3. The maximum Gasteiger partial charge on any atom is 0.306 e. The molecule has 6 heteroatoms. The van der Waals surface area contributed by atoms with Gasteiger partial charge < -0.3 is 4.90 Å². The van der Waals surface area contributed by atoms with E-state index < -0.39 is 5.56 Å². The first-order valence-electron chi connectivity index (χ1n) is 5.34. The molecule has 6 nitrogen and oxygen atoms in total. The molecule has 1 aromatic carbocycles. The molecule has 1 aliphatic rings. The summed E-state index contributed by atoms with van der Waals surface area (Å²) in [6.07, 6.45) is 0. The molecule has 3 rings (SSSR count). The van der Waals surface area contributed by atoms with Crippen LogP contribution in [0.5, 0.6) is 0 Å². The minimum Gasteiger partial charge on any atom is -0.309 e. The summed E-state index contributed by atoms with van der Waals surface area (Å²) in [5.41, 5.74) is 0.509. The summed E-state index contributed by atoms with van der Waals surface area (Å²) < 4.78 is 1.62. The zero-order valence-corrected chi connectivity index (χ0v) is 9.05. The SMILES string of the molecule is N=c1c(=O)[nH]nc2n1CCN2c1ccccc1. The fourth-order valence-corrected chi connectivity index (χ4v) is 2.01. The molecule has 0 unspecified atom stereocenters. The van der Waals surface area contributed by atoms with E-state index in [-0.39, 0.29) is 5.49 Å². The molecule has 0 radical (unpaired) electrons. The third-order valence-electron chi connectivity index (χ3n) is 2.84. The number of H-pyrrole nitrogens is 1. The Hall–Kier alpha value is -2.37. The lowest BCUT2D eigenvalue weighted by Gasteiger charge is -2.16. The Bertz CT molecular complexity index is 658. The first-order valence-corrected chi connectivity index (χ1v) is 5.34. The standard InChI is InChI=1S/C11H11N5O/c12-9-10(17)13-14-11-15(6-7-16(9)11)8-4-2-1-3-5-8/h1-5,12H,6-7H2,(H,13,17). The molecule has 0 bridgehead atoms. The monoisotopic (exact) mass is 229 g/mol. The van der Waals surface area contributed by atoms with Crippen molar-refractivity contribution in [3.8, 4) is 0 Å². The highest BCUT2D eigenvalue weighted by Gasteiger charge is 2.22. The summed E-state index contributed by atoms with van der Waals surface area (Å²) in [6.45, 7) is 1.33. The van der Waals surface area contributed by atoms with E-state index in [9.17, 15) is 4.79 Å². The van der Waals surface area contributed by atoms with Gasteiger partial charge in [-0.1, -0.05) is 18.2 Å². The topological polar surface area (TPSA) is 77.8 Å². The Labute approximate surface area is 96.7 Å². The van der Waals surface area contributed by atoms with Gasteiger partial charge in [-0.05, 0) is 12.1 Å². The number of benzene rings is 1. The van der Waals surface area contributed by atoms with E-state index in [0.29, 0.717) is 12.5 Å². The highest BCUT2D eigenvalue weighted by molar-refractivity contribution is 5.58. The first-order chi connectivity index (χ1) is 8.27. The minimum absolute atomic E-state index is 0.0477. The molecule has 0 fully saturated rings. The predicted octanol–water partition coefficient (Wildman–Crippen LogP) is 0.203. The van der Waals surface area contributed by atoms with Crippen molar-refractivity contribution in [2.24, 2.45) is 0 Å². The van der Waals surface area contributed by atoms with Gasteiger partial charge >= 0.3 is 5.56 Å². The fourth-order valence-electron chi connectivity index (χ4n) is 2.01. The average Bonchev–Trinajstić information content (AvgIpc) is 2.79. The number of hydrogen-bond donors (Lipinski definition) is 2. The number of nitrogens with one attached hydrogen (secondary N) is 2. The van der Waals surface area contributed by atoms with E-state index in [4.69, 9.17) is 5.41 Å². The second kappa shape index (κ2) is 3.58. The number of nitrogens with zero attached hydrogens (tertiary/aromatic N) is 3. The molecule has 1 aliphatic heterocycles. The molecule has 0 atom stereocenters. The van der Waals surface area contributed by atoms with Crippen LogP contribution in [-0.2, 0) is 6.54 Å². The van der Waals surface area contributed by atoms with Gasteiger partial charge in [-0.25, -0.2) is 5.10 Å². The number of para-hydroxylation sites is 1. The van der Waals surface area contributed by atoms with Crippen LogP contribution in [0.3, 0.4) is 0 Å². The highest BCUT2D eigenvalue weighted by Crippen LogP contribution is 2.25. The average molecular weight is 229 g/mol. The normalized spacial score (nSPS) is 13.8. The van der Waals surface area contributed by atoms with Crippen LogP contribution in [0.15, 0.2) is 35.1 Å². The largest absolute Gasteiger partial charge is 0.309 e. The number of rotatable bonds is 1. The van der Waals surface area contributed by atoms with Crippen LogP contribution in [-0.4, -0.2) is 21.3 Å². The van der Waals surface area contributed by atoms with Gasteiger partial charge in [0, 0.05) is 18.8 Å². The molecule has 0 saturated heterocycles. The summed E-state index contributed by atoms with van der Waals surface area (Å²) in [5.74, 6) is 0.612. The van der Waals surface area contributed by atoms with E-state index in [0.717, 1.165) is 12.2 Å².